The Morgan fingerprint density at radius 3 is 2.35 bits per heavy atom. The van der Waals surface area contributed by atoms with E-state index >= 15 is 0 Å². The number of anilines is 2. The van der Waals surface area contributed by atoms with Crippen LogP contribution in [0.15, 0.2) is 42.5 Å². The molecule has 0 aliphatic carbocycles. The minimum Gasteiger partial charge on any atom is -0.396 e. The topological polar surface area (TPSA) is 38.0 Å². The third-order valence-electron chi connectivity index (χ3n) is 2.40. The normalized spacial score (nSPS) is 10.2. The molecule has 0 saturated carbocycles. The summed E-state index contributed by atoms with van der Waals surface area (Å²) in [5.41, 5.74) is 7.25. The third-order valence-corrected chi connectivity index (χ3v) is 2.40. The highest BCUT2D eigenvalue weighted by molar-refractivity contribution is 5.46. The molecule has 0 amide bonds. The van der Waals surface area contributed by atoms with Gasteiger partial charge in [-0.15, -0.1) is 0 Å². The van der Waals surface area contributed by atoms with E-state index in [9.17, 15) is 8.78 Å². The summed E-state index contributed by atoms with van der Waals surface area (Å²) in [6.45, 7) is 0.510. The van der Waals surface area contributed by atoms with Crippen molar-refractivity contribution >= 4 is 11.4 Å². The smallest absolute Gasteiger partial charge is 0.146 e. The Kier molecular flexibility index (Phi) is 3.23. The summed E-state index contributed by atoms with van der Waals surface area (Å²) in [5.74, 6) is -0.697. The molecule has 0 bridgehead atoms. The first-order chi connectivity index (χ1) is 8.15. The van der Waals surface area contributed by atoms with Crippen molar-refractivity contribution in [3.63, 3.8) is 0 Å². The lowest BCUT2D eigenvalue weighted by molar-refractivity contribution is 0.628. The second kappa shape index (κ2) is 4.82. The lowest BCUT2D eigenvalue weighted by Gasteiger charge is -2.07. The van der Waals surface area contributed by atoms with E-state index in [1.54, 1.807) is 24.3 Å². The van der Waals surface area contributed by atoms with Crippen molar-refractivity contribution in [2.75, 3.05) is 11.1 Å². The van der Waals surface area contributed by atoms with Crippen molar-refractivity contribution in [1.29, 1.82) is 0 Å². The average molecular weight is 234 g/mol. The molecule has 0 aliphatic heterocycles. The van der Waals surface area contributed by atoms with Crippen LogP contribution in [-0.2, 0) is 6.54 Å². The number of benzene rings is 2. The first-order valence-corrected chi connectivity index (χ1v) is 5.18. The SMILES string of the molecule is Nc1cc(CNc2ccc(F)cc2)ccc1F. The van der Waals surface area contributed by atoms with Crippen LogP contribution in [-0.4, -0.2) is 0 Å². The van der Waals surface area contributed by atoms with E-state index in [1.165, 1.54) is 18.2 Å². The van der Waals surface area contributed by atoms with Gasteiger partial charge in [-0.3, -0.25) is 0 Å². The van der Waals surface area contributed by atoms with Crippen LogP contribution < -0.4 is 11.1 Å². The summed E-state index contributed by atoms with van der Waals surface area (Å²) in [4.78, 5) is 0. The lowest BCUT2D eigenvalue weighted by Crippen LogP contribution is -2.01. The molecule has 0 saturated heterocycles. The molecule has 4 heteroatoms. The second-order valence-electron chi connectivity index (χ2n) is 3.72. The molecular formula is C13H12F2N2. The number of halogens is 2. The zero-order chi connectivity index (χ0) is 12.3. The van der Waals surface area contributed by atoms with Gasteiger partial charge in [0.25, 0.3) is 0 Å². The molecule has 0 spiro atoms. The van der Waals surface area contributed by atoms with Crippen LogP contribution in [0.2, 0.25) is 0 Å². The van der Waals surface area contributed by atoms with Crippen LogP contribution in [0.5, 0.6) is 0 Å². The number of hydrogen-bond donors (Lipinski definition) is 2. The molecule has 17 heavy (non-hydrogen) atoms. The summed E-state index contributed by atoms with van der Waals surface area (Å²) in [6.07, 6.45) is 0. The fraction of sp³-hybridized carbons (Fsp3) is 0.0769. The summed E-state index contributed by atoms with van der Waals surface area (Å²) in [7, 11) is 0. The van der Waals surface area contributed by atoms with Gasteiger partial charge in [0, 0.05) is 12.2 Å². The van der Waals surface area contributed by atoms with Crippen LogP contribution in [0.25, 0.3) is 0 Å². The first kappa shape index (κ1) is 11.4. The fourth-order valence-corrected chi connectivity index (χ4v) is 1.48. The van der Waals surface area contributed by atoms with Crippen molar-refractivity contribution in [2.24, 2.45) is 0 Å². The van der Waals surface area contributed by atoms with Crippen LogP contribution in [0.1, 0.15) is 5.56 Å². The van der Waals surface area contributed by atoms with E-state index in [4.69, 9.17) is 5.73 Å². The van der Waals surface area contributed by atoms with Gasteiger partial charge in [0.1, 0.15) is 11.6 Å². The van der Waals surface area contributed by atoms with Gasteiger partial charge in [-0.2, -0.15) is 0 Å². The minimum atomic E-state index is -0.421. The van der Waals surface area contributed by atoms with Crippen molar-refractivity contribution in [3.05, 3.63) is 59.7 Å². The van der Waals surface area contributed by atoms with Gasteiger partial charge in [-0.25, -0.2) is 8.78 Å². The molecule has 0 unspecified atom stereocenters. The largest absolute Gasteiger partial charge is 0.396 e. The predicted molar refractivity (Wildman–Crippen MR) is 64.5 cm³/mol. The molecule has 0 aromatic heterocycles. The molecule has 2 aromatic carbocycles. The summed E-state index contributed by atoms with van der Waals surface area (Å²) >= 11 is 0. The Morgan fingerprint density at radius 2 is 1.71 bits per heavy atom. The summed E-state index contributed by atoms with van der Waals surface area (Å²) in [6, 6.07) is 10.6. The van der Waals surface area contributed by atoms with Gasteiger partial charge in [0.15, 0.2) is 0 Å². The number of hydrogen-bond acceptors (Lipinski definition) is 2. The van der Waals surface area contributed by atoms with Gasteiger partial charge in [0.05, 0.1) is 5.69 Å². The van der Waals surface area contributed by atoms with Crippen molar-refractivity contribution < 1.29 is 8.78 Å². The molecule has 2 rings (SSSR count). The van der Waals surface area contributed by atoms with E-state index < -0.39 is 5.82 Å². The highest BCUT2D eigenvalue weighted by Gasteiger charge is 2.00. The maximum atomic E-state index is 12.9. The highest BCUT2D eigenvalue weighted by atomic mass is 19.1. The summed E-state index contributed by atoms with van der Waals surface area (Å²) in [5, 5.41) is 3.09. The Hall–Kier alpha value is -2.10. The quantitative estimate of drug-likeness (QED) is 0.800. The maximum absolute atomic E-state index is 12.9. The third kappa shape index (κ3) is 2.93. The first-order valence-electron chi connectivity index (χ1n) is 5.18. The Labute approximate surface area is 98.1 Å². The van der Waals surface area contributed by atoms with Gasteiger partial charge < -0.3 is 11.1 Å². The molecule has 3 N–H and O–H groups in total. The molecule has 0 fully saturated rings. The van der Waals surface area contributed by atoms with Gasteiger partial charge >= 0.3 is 0 Å². The van der Waals surface area contributed by atoms with Crippen LogP contribution in [0, 0.1) is 11.6 Å². The van der Waals surface area contributed by atoms with E-state index in [2.05, 4.69) is 5.32 Å². The Bertz CT molecular complexity index is 509. The van der Waals surface area contributed by atoms with E-state index in [0.717, 1.165) is 11.3 Å². The molecule has 0 atom stereocenters. The van der Waals surface area contributed by atoms with Gasteiger partial charge in [-0.1, -0.05) is 6.07 Å². The average Bonchev–Trinajstić information content (AvgIpc) is 2.33. The van der Waals surface area contributed by atoms with Crippen LogP contribution in [0.4, 0.5) is 20.2 Å². The van der Waals surface area contributed by atoms with Gasteiger partial charge in [-0.05, 0) is 42.0 Å². The van der Waals surface area contributed by atoms with Crippen molar-refractivity contribution in [2.45, 2.75) is 6.54 Å². The van der Waals surface area contributed by atoms with Gasteiger partial charge in [0.2, 0.25) is 0 Å². The molecule has 2 nitrogen and oxygen atoms in total. The number of nitrogen functional groups attached to an aromatic ring is 1. The monoisotopic (exact) mass is 234 g/mol. The van der Waals surface area contributed by atoms with Crippen molar-refractivity contribution in [3.8, 4) is 0 Å². The van der Waals surface area contributed by atoms with E-state index in [-0.39, 0.29) is 11.5 Å². The maximum Gasteiger partial charge on any atom is 0.146 e. The fourth-order valence-electron chi connectivity index (χ4n) is 1.48. The number of nitrogens with one attached hydrogen (secondary N) is 1. The molecule has 2 aromatic rings. The molecular weight excluding hydrogens is 222 g/mol. The number of nitrogens with two attached hydrogens (primary N) is 1. The van der Waals surface area contributed by atoms with Crippen LogP contribution in [0.3, 0.4) is 0 Å². The Balaban J connectivity index is 2.02. The summed E-state index contributed by atoms with van der Waals surface area (Å²) < 4.78 is 25.6. The predicted octanol–water partition coefficient (Wildman–Crippen LogP) is 3.16. The molecule has 0 aliphatic rings. The minimum absolute atomic E-state index is 0.128. The molecule has 0 radical (unpaired) electrons. The zero-order valence-electron chi connectivity index (χ0n) is 9.08. The molecule has 88 valence electrons. The molecule has 0 heterocycles. The second-order valence-corrected chi connectivity index (χ2v) is 3.72. The Morgan fingerprint density at radius 1 is 1.00 bits per heavy atom. The number of rotatable bonds is 3. The highest BCUT2D eigenvalue weighted by Crippen LogP contribution is 2.14. The standard InChI is InChI=1S/C13H12F2N2/c14-10-2-4-11(5-3-10)17-8-9-1-6-12(15)13(16)7-9/h1-7,17H,8,16H2. The van der Waals surface area contributed by atoms with E-state index in [0.29, 0.717) is 6.54 Å². The van der Waals surface area contributed by atoms with E-state index in [1.807, 2.05) is 0 Å². The lowest BCUT2D eigenvalue weighted by atomic mass is 10.2. The van der Waals surface area contributed by atoms with Crippen LogP contribution >= 0.6 is 0 Å². The van der Waals surface area contributed by atoms with Crippen molar-refractivity contribution in [1.82, 2.24) is 0 Å². The zero-order valence-corrected chi connectivity index (χ0v) is 9.08.